The minimum absolute atomic E-state index is 0.0912. The van der Waals surface area contributed by atoms with Crippen LogP contribution in [0.5, 0.6) is 0 Å². The van der Waals surface area contributed by atoms with Gasteiger partial charge in [0.25, 0.3) is 0 Å². The first-order valence-corrected chi connectivity index (χ1v) is 6.52. The Bertz CT molecular complexity index is 218. The summed E-state index contributed by atoms with van der Waals surface area (Å²) in [6.07, 6.45) is 4.38. The lowest BCUT2D eigenvalue weighted by Gasteiger charge is -2.33. The Kier molecular flexibility index (Phi) is 5.81. The first-order valence-electron chi connectivity index (χ1n) is 6.52. The summed E-state index contributed by atoms with van der Waals surface area (Å²) in [4.78, 5) is 11.2. The molecule has 1 aliphatic rings. The lowest BCUT2D eigenvalue weighted by atomic mass is 9.80. The Balaban J connectivity index is 2.18. The number of carbonyl (C=O) groups is 1. The SMILES string of the molecule is CCOC(=O)CCNC1CC(C)CCC1C. The fourth-order valence-corrected chi connectivity index (χ4v) is 2.41. The van der Waals surface area contributed by atoms with Gasteiger partial charge in [-0.15, -0.1) is 0 Å². The number of hydrogen-bond acceptors (Lipinski definition) is 3. The van der Waals surface area contributed by atoms with Gasteiger partial charge in [0, 0.05) is 12.6 Å². The van der Waals surface area contributed by atoms with E-state index in [1.807, 2.05) is 6.92 Å². The number of nitrogens with one attached hydrogen (secondary N) is 1. The molecule has 0 aromatic heterocycles. The molecule has 94 valence electrons. The monoisotopic (exact) mass is 227 g/mol. The van der Waals surface area contributed by atoms with Gasteiger partial charge in [-0.05, 0) is 31.6 Å². The van der Waals surface area contributed by atoms with Gasteiger partial charge < -0.3 is 10.1 Å². The van der Waals surface area contributed by atoms with E-state index in [9.17, 15) is 4.79 Å². The lowest BCUT2D eigenvalue weighted by Crippen LogP contribution is -2.40. The van der Waals surface area contributed by atoms with Crippen LogP contribution in [0.15, 0.2) is 0 Å². The minimum Gasteiger partial charge on any atom is -0.466 e. The zero-order valence-electron chi connectivity index (χ0n) is 10.8. The van der Waals surface area contributed by atoms with Gasteiger partial charge in [-0.3, -0.25) is 4.79 Å². The van der Waals surface area contributed by atoms with E-state index in [1.165, 1.54) is 19.3 Å². The van der Waals surface area contributed by atoms with E-state index >= 15 is 0 Å². The second-order valence-electron chi connectivity index (χ2n) is 5.01. The summed E-state index contributed by atoms with van der Waals surface area (Å²) < 4.78 is 4.90. The molecule has 0 amide bonds. The molecule has 0 aromatic rings. The number of rotatable bonds is 5. The zero-order valence-corrected chi connectivity index (χ0v) is 10.8. The molecule has 3 atom stereocenters. The lowest BCUT2D eigenvalue weighted by molar-refractivity contribution is -0.143. The molecule has 1 N–H and O–H groups in total. The van der Waals surface area contributed by atoms with Gasteiger partial charge in [0.05, 0.1) is 13.0 Å². The van der Waals surface area contributed by atoms with Crippen LogP contribution in [0.2, 0.25) is 0 Å². The largest absolute Gasteiger partial charge is 0.466 e. The Morgan fingerprint density at radius 1 is 1.38 bits per heavy atom. The minimum atomic E-state index is -0.0912. The van der Waals surface area contributed by atoms with Gasteiger partial charge in [0.1, 0.15) is 0 Å². The highest BCUT2D eigenvalue weighted by Crippen LogP contribution is 2.28. The molecule has 0 bridgehead atoms. The van der Waals surface area contributed by atoms with Crippen molar-refractivity contribution in [3.63, 3.8) is 0 Å². The van der Waals surface area contributed by atoms with Crippen LogP contribution >= 0.6 is 0 Å². The highest BCUT2D eigenvalue weighted by atomic mass is 16.5. The number of hydrogen-bond donors (Lipinski definition) is 1. The van der Waals surface area contributed by atoms with Crippen LogP contribution in [0.3, 0.4) is 0 Å². The van der Waals surface area contributed by atoms with Crippen LogP contribution in [-0.2, 0) is 9.53 Å². The second-order valence-corrected chi connectivity index (χ2v) is 5.01. The Hall–Kier alpha value is -0.570. The highest BCUT2D eigenvalue weighted by molar-refractivity contribution is 5.69. The molecular formula is C13H25NO2. The third-order valence-electron chi connectivity index (χ3n) is 3.50. The zero-order chi connectivity index (χ0) is 12.0. The van der Waals surface area contributed by atoms with Crippen LogP contribution < -0.4 is 5.32 Å². The molecule has 1 fully saturated rings. The maximum absolute atomic E-state index is 11.2. The summed E-state index contributed by atoms with van der Waals surface area (Å²) in [5, 5.41) is 3.49. The van der Waals surface area contributed by atoms with Gasteiger partial charge in [-0.25, -0.2) is 0 Å². The van der Waals surface area contributed by atoms with Crippen molar-refractivity contribution in [2.45, 2.75) is 52.5 Å². The molecular weight excluding hydrogens is 202 g/mol. The number of ether oxygens (including phenoxy) is 1. The van der Waals surface area contributed by atoms with Crippen molar-refractivity contribution in [1.29, 1.82) is 0 Å². The molecule has 3 nitrogen and oxygen atoms in total. The van der Waals surface area contributed by atoms with E-state index in [0.717, 1.165) is 18.4 Å². The van der Waals surface area contributed by atoms with Crippen LogP contribution in [-0.4, -0.2) is 25.2 Å². The molecule has 1 rings (SSSR count). The smallest absolute Gasteiger partial charge is 0.307 e. The number of carbonyl (C=O) groups excluding carboxylic acids is 1. The first kappa shape index (κ1) is 13.5. The molecule has 0 heterocycles. The molecule has 3 heteroatoms. The van der Waals surface area contributed by atoms with Crippen molar-refractivity contribution < 1.29 is 9.53 Å². The summed E-state index contributed by atoms with van der Waals surface area (Å²) in [5.74, 6) is 1.46. The van der Waals surface area contributed by atoms with E-state index in [-0.39, 0.29) is 5.97 Å². The van der Waals surface area contributed by atoms with Crippen molar-refractivity contribution in [3.05, 3.63) is 0 Å². The van der Waals surface area contributed by atoms with Crippen LogP contribution in [0.25, 0.3) is 0 Å². The van der Waals surface area contributed by atoms with Crippen molar-refractivity contribution in [2.24, 2.45) is 11.8 Å². The standard InChI is InChI=1S/C13H25NO2/c1-4-16-13(15)7-8-14-12-9-10(2)5-6-11(12)3/h10-12,14H,4-9H2,1-3H3. The normalized spacial score (nSPS) is 30.1. The topological polar surface area (TPSA) is 38.3 Å². The summed E-state index contributed by atoms with van der Waals surface area (Å²) in [7, 11) is 0. The molecule has 1 aliphatic carbocycles. The van der Waals surface area contributed by atoms with Crippen molar-refractivity contribution in [3.8, 4) is 0 Å². The Morgan fingerprint density at radius 2 is 2.12 bits per heavy atom. The predicted molar refractivity (Wildman–Crippen MR) is 65.2 cm³/mol. The van der Waals surface area contributed by atoms with E-state index in [0.29, 0.717) is 19.1 Å². The van der Waals surface area contributed by atoms with Crippen molar-refractivity contribution in [1.82, 2.24) is 5.32 Å². The van der Waals surface area contributed by atoms with E-state index in [1.54, 1.807) is 0 Å². The molecule has 0 radical (unpaired) electrons. The van der Waals surface area contributed by atoms with Crippen LogP contribution in [0.1, 0.15) is 46.5 Å². The highest BCUT2D eigenvalue weighted by Gasteiger charge is 2.24. The Labute approximate surface area is 98.9 Å². The van der Waals surface area contributed by atoms with Gasteiger partial charge in [0.2, 0.25) is 0 Å². The molecule has 0 saturated heterocycles. The summed E-state index contributed by atoms with van der Waals surface area (Å²) in [5.41, 5.74) is 0. The van der Waals surface area contributed by atoms with E-state index < -0.39 is 0 Å². The fourth-order valence-electron chi connectivity index (χ4n) is 2.41. The fraction of sp³-hybridized carbons (Fsp3) is 0.923. The third kappa shape index (κ3) is 4.52. The molecule has 0 aromatic carbocycles. The molecule has 1 saturated carbocycles. The maximum atomic E-state index is 11.2. The van der Waals surface area contributed by atoms with Gasteiger partial charge >= 0.3 is 5.97 Å². The maximum Gasteiger partial charge on any atom is 0.307 e. The van der Waals surface area contributed by atoms with E-state index in [2.05, 4.69) is 19.2 Å². The average Bonchev–Trinajstić information content (AvgIpc) is 2.23. The summed E-state index contributed by atoms with van der Waals surface area (Å²) in [6.45, 7) is 7.69. The van der Waals surface area contributed by atoms with Crippen LogP contribution in [0.4, 0.5) is 0 Å². The summed E-state index contributed by atoms with van der Waals surface area (Å²) in [6, 6.07) is 0.582. The van der Waals surface area contributed by atoms with E-state index in [4.69, 9.17) is 4.74 Å². The first-order chi connectivity index (χ1) is 7.63. The third-order valence-corrected chi connectivity index (χ3v) is 3.50. The Morgan fingerprint density at radius 3 is 2.81 bits per heavy atom. The number of esters is 1. The van der Waals surface area contributed by atoms with Crippen molar-refractivity contribution in [2.75, 3.05) is 13.2 Å². The van der Waals surface area contributed by atoms with Gasteiger partial charge in [-0.2, -0.15) is 0 Å². The molecule has 3 unspecified atom stereocenters. The predicted octanol–water partition coefficient (Wildman–Crippen LogP) is 2.35. The second kappa shape index (κ2) is 6.89. The quantitative estimate of drug-likeness (QED) is 0.733. The van der Waals surface area contributed by atoms with Gasteiger partial charge in [0.15, 0.2) is 0 Å². The molecule has 0 aliphatic heterocycles. The van der Waals surface area contributed by atoms with Crippen molar-refractivity contribution >= 4 is 5.97 Å². The average molecular weight is 227 g/mol. The summed E-state index contributed by atoms with van der Waals surface area (Å²) >= 11 is 0. The molecule has 16 heavy (non-hydrogen) atoms. The molecule has 0 spiro atoms. The van der Waals surface area contributed by atoms with Gasteiger partial charge in [-0.1, -0.05) is 20.3 Å². The van der Waals surface area contributed by atoms with Crippen LogP contribution in [0, 0.1) is 11.8 Å².